The van der Waals surface area contributed by atoms with Gasteiger partial charge in [-0.05, 0) is 48.4 Å². The Kier molecular flexibility index (Phi) is 9.59. The van der Waals surface area contributed by atoms with Gasteiger partial charge in [0, 0.05) is 6.08 Å². The van der Waals surface area contributed by atoms with Gasteiger partial charge < -0.3 is 69.3 Å². The molecule has 2 aromatic rings. The fourth-order valence-electron chi connectivity index (χ4n) is 5.09. The molecule has 0 unspecified atom stereocenters. The number of rotatable bonds is 7. The van der Waals surface area contributed by atoms with Gasteiger partial charge in [0.05, 0.1) is 19.3 Å². The third-order valence-electron chi connectivity index (χ3n) is 7.62. The molecular weight excluding hydrogens is 588 g/mol. The standard InChI is InChI=1S/C29H34O15/c1-12-22(35)24(37)25(38)28(41-12)39-11-20-23(36)26(44-21(34)7-3-13-2-5-15(30)17(32)8-13)27-29(43-20)40-10-19(42-27)14-4-6-16(31)18(33)9-14/h2-9,12,19-20,22-33,35-38H,10-11H2,1H3/t12-,19+,20+,22-,23+,24+,25+,26-,27+,28+,29+/m0/s1. The zero-order valence-electron chi connectivity index (χ0n) is 23.3. The van der Waals surface area contributed by atoms with Crippen LogP contribution in [0.3, 0.4) is 0 Å². The first kappa shape index (κ1) is 31.9. The van der Waals surface area contributed by atoms with E-state index in [-0.39, 0.29) is 18.1 Å². The number of ether oxygens (including phenoxy) is 6. The van der Waals surface area contributed by atoms with E-state index in [0.29, 0.717) is 11.1 Å². The fourth-order valence-corrected chi connectivity index (χ4v) is 5.09. The van der Waals surface area contributed by atoms with Gasteiger partial charge in [0.15, 0.2) is 41.7 Å². The molecule has 15 nitrogen and oxygen atoms in total. The van der Waals surface area contributed by atoms with Crippen molar-refractivity contribution < 1.29 is 74.1 Å². The van der Waals surface area contributed by atoms with Crippen LogP contribution in [-0.4, -0.2) is 121 Å². The van der Waals surface area contributed by atoms with Gasteiger partial charge >= 0.3 is 5.97 Å². The lowest BCUT2D eigenvalue weighted by Crippen LogP contribution is -2.64. The number of benzene rings is 2. The first-order valence-electron chi connectivity index (χ1n) is 13.8. The number of carbonyl (C=O) groups excluding carboxylic acids is 1. The predicted molar refractivity (Wildman–Crippen MR) is 145 cm³/mol. The molecule has 240 valence electrons. The zero-order valence-corrected chi connectivity index (χ0v) is 23.3. The summed E-state index contributed by atoms with van der Waals surface area (Å²) in [6, 6.07) is 7.94. The number of hydrogen-bond donors (Lipinski definition) is 8. The summed E-state index contributed by atoms with van der Waals surface area (Å²) in [5.74, 6) is -2.38. The van der Waals surface area contributed by atoms with Gasteiger partial charge in [-0.2, -0.15) is 0 Å². The second-order valence-corrected chi connectivity index (χ2v) is 10.7. The molecule has 0 aliphatic carbocycles. The molecule has 8 N–H and O–H groups in total. The summed E-state index contributed by atoms with van der Waals surface area (Å²) in [4.78, 5) is 12.9. The van der Waals surface area contributed by atoms with Crippen LogP contribution < -0.4 is 0 Å². The number of carbonyl (C=O) groups is 1. The average Bonchev–Trinajstić information content (AvgIpc) is 3.00. The van der Waals surface area contributed by atoms with Crippen molar-refractivity contribution in [1.29, 1.82) is 0 Å². The van der Waals surface area contributed by atoms with E-state index in [1.54, 1.807) is 0 Å². The van der Waals surface area contributed by atoms with Crippen LogP contribution in [-0.2, 0) is 33.2 Å². The molecule has 0 saturated carbocycles. The molecule has 0 spiro atoms. The number of aliphatic hydroxyl groups excluding tert-OH is 4. The molecule has 0 aromatic heterocycles. The lowest BCUT2D eigenvalue weighted by molar-refractivity contribution is -0.360. The molecule has 11 atom stereocenters. The molecule has 0 bridgehead atoms. The molecule has 5 rings (SSSR count). The first-order chi connectivity index (χ1) is 20.9. The molecule has 3 heterocycles. The van der Waals surface area contributed by atoms with E-state index in [1.807, 2.05) is 0 Å². The Labute approximate surface area is 250 Å². The minimum atomic E-state index is -1.61. The zero-order chi connectivity index (χ0) is 31.7. The highest BCUT2D eigenvalue weighted by molar-refractivity contribution is 5.87. The maximum atomic E-state index is 12.9. The molecule has 3 aliphatic heterocycles. The Balaban J connectivity index is 1.33. The van der Waals surface area contributed by atoms with Gasteiger partial charge in [0.1, 0.15) is 42.7 Å². The highest BCUT2D eigenvalue weighted by Gasteiger charge is 2.52. The van der Waals surface area contributed by atoms with Crippen LogP contribution >= 0.6 is 0 Å². The highest BCUT2D eigenvalue weighted by Crippen LogP contribution is 2.38. The van der Waals surface area contributed by atoms with Gasteiger partial charge in [0.25, 0.3) is 0 Å². The average molecular weight is 623 g/mol. The number of aromatic hydroxyl groups is 4. The Morgan fingerprint density at radius 1 is 0.864 bits per heavy atom. The maximum absolute atomic E-state index is 12.9. The van der Waals surface area contributed by atoms with E-state index in [4.69, 9.17) is 28.4 Å². The van der Waals surface area contributed by atoms with Gasteiger partial charge in [0.2, 0.25) is 0 Å². The van der Waals surface area contributed by atoms with E-state index in [2.05, 4.69) is 0 Å². The highest BCUT2D eigenvalue weighted by atomic mass is 16.8. The third kappa shape index (κ3) is 6.76. The summed E-state index contributed by atoms with van der Waals surface area (Å²) in [7, 11) is 0. The normalized spacial score (nSPS) is 35.7. The lowest BCUT2D eigenvalue weighted by Gasteiger charge is -2.47. The topological polar surface area (TPSA) is 234 Å². The molecule has 3 fully saturated rings. The Bertz CT molecular complexity index is 1350. The van der Waals surface area contributed by atoms with Crippen molar-refractivity contribution in [3.63, 3.8) is 0 Å². The van der Waals surface area contributed by atoms with Crippen LogP contribution in [0, 0.1) is 0 Å². The molecule has 0 amide bonds. The quantitative estimate of drug-likeness (QED) is 0.111. The van der Waals surface area contributed by atoms with E-state index < -0.39 is 91.6 Å². The van der Waals surface area contributed by atoms with E-state index in [1.165, 1.54) is 49.4 Å². The van der Waals surface area contributed by atoms with Gasteiger partial charge in [-0.3, -0.25) is 0 Å². The van der Waals surface area contributed by atoms with Crippen molar-refractivity contribution in [3.8, 4) is 23.0 Å². The summed E-state index contributed by atoms with van der Waals surface area (Å²) in [5, 5.41) is 80.4. The van der Waals surface area contributed by atoms with E-state index in [0.717, 1.165) is 6.08 Å². The first-order valence-corrected chi connectivity index (χ1v) is 13.8. The van der Waals surface area contributed by atoms with Crippen LogP contribution in [0.1, 0.15) is 24.2 Å². The van der Waals surface area contributed by atoms with Crippen molar-refractivity contribution in [2.75, 3.05) is 13.2 Å². The number of phenolic OH excluding ortho intramolecular Hbond substituents is 4. The summed E-state index contributed by atoms with van der Waals surface area (Å²) in [6.45, 7) is 0.982. The molecule has 44 heavy (non-hydrogen) atoms. The van der Waals surface area contributed by atoms with Crippen LogP contribution in [0.25, 0.3) is 6.08 Å². The van der Waals surface area contributed by atoms with Gasteiger partial charge in [-0.25, -0.2) is 4.79 Å². The summed E-state index contributed by atoms with van der Waals surface area (Å²) in [5.41, 5.74) is 0.792. The number of fused-ring (bicyclic) bond motifs is 1. The van der Waals surface area contributed by atoms with Crippen LogP contribution in [0.4, 0.5) is 0 Å². The second-order valence-electron chi connectivity index (χ2n) is 10.7. The monoisotopic (exact) mass is 622 g/mol. The second kappa shape index (κ2) is 13.2. The summed E-state index contributed by atoms with van der Waals surface area (Å²) in [6.07, 6.45) is -11.8. The summed E-state index contributed by atoms with van der Waals surface area (Å²) < 4.78 is 34.5. The predicted octanol–water partition coefficient (Wildman–Crippen LogP) is -0.479. The molecule has 2 aromatic carbocycles. The van der Waals surface area contributed by atoms with E-state index in [9.17, 15) is 45.6 Å². The molecule has 0 radical (unpaired) electrons. The SMILES string of the molecule is C[C@@H]1O[C@@H](OC[C@H]2O[C@H]3OC[C@H](c4ccc(O)c(O)c4)O[C@@H]3[C@@H](OC(=O)C=Cc3ccc(O)c(O)c3)[C@@H]2O)[C@H](O)[C@H](O)[C@H]1O. The smallest absolute Gasteiger partial charge is 0.331 e. The van der Waals surface area contributed by atoms with Crippen molar-refractivity contribution >= 4 is 12.0 Å². The fraction of sp³-hybridized carbons (Fsp3) is 0.483. The number of esters is 1. The van der Waals surface area contributed by atoms with Crippen LogP contribution in [0.15, 0.2) is 42.5 Å². The Hall–Kier alpha value is -3.51. The largest absolute Gasteiger partial charge is 0.504 e. The van der Waals surface area contributed by atoms with E-state index >= 15 is 0 Å². The van der Waals surface area contributed by atoms with Crippen molar-refractivity contribution in [1.82, 2.24) is 0 Å². The Morgan fingerprint density at radius 3 is 2.27 bits per heavy atom. The minimum absolute atomic E-state index is 0.0774. The molecule has 3 saturated heterocycles. The van der Waals surface area contributed by atoms with Crippen molar-refractivity contribution in [2.45, 2.75) is 74.4 Å². The molecular formula is C29H34O15. The minimum Gasteiger partial charge on any atom is -0.504 e. The van der Waals surface area contributed by atoms with Gasteiger partial charge in [-0.1, -0.05) is 12.1 Å². The van der Waals surface area contributed by atoms with Gasteiger partial charge in [-0.15, -0.1) is 0 Å². The molecule has 3 aliphatic rings. The van der Waals surface area contributed by atoms with Crippen molar-refractivity contribution in [3.05, 3.63) is 53.6 Å². The lowest BCUT2D eigenvalue weighted by atomic mass is 9.96. The van der Waals surface area contributed by atoms with Crippen LogP contribution in [0.2, 0.25) is 0 Å². The maximum Gasteiger partial charge on any atom is 0.331 e. The van der Waals surface area contributed by atoms with Crippen molar-refractivity contribution in [2.24, 2.45) is 0 Å². The summed E-state index contributed by atoms with van der Waals surface area (Å²) >= 11 is 0. The van der Waals surface area contributed by atoms with Crippen LogP contribution in [0.5, 0.6) is 23.0 Å². The Morgan fingerprint density at radius 2 is 1.57 bits per heavy atom. The number of hydrogen-bond acceptors (Lipinski definition) is 15. The molecule has 15 heteroatoms. The number of aliphatic hydroxyl groups is 4. The third-order valence-corrected chi connectivity index (χ3v) is 7.62. The number of phenols is 4.